The molecule has 0 bridgehead atoms. The van der Waals surface area contributed by atoms with Crippen molar-refractivity contribution in [1.29, 1.82) is 0 Å². The van der Waals surface area contributed by atoms with Gasteiger partial charge >= 0.3 is 0 Å². The fourth-order valence-corrected chi connectivity index (χ4v) is 4.65. The minimum absolute atomic E-state index is 0.270. The lowest BCUT2D eigenvalue weighted by atomic mass is 10.1. The van der Waals surface area contributed by atoms with E-state index in [4.69, 9.17) is 21.1 Å². The number of anilines is 1. The minimum Gasteiger partial charge on any atom is -0.497 e. The molecule has 3 aromatic carbocycles. The highest BCUT2D eigenvalue weighted by molar-refractivity contribution is 7.21. The van der Waals surface area contributed by atoms with Crippen molar-refractivity contribution in [3.8, 4) is 11.5 Å². The van der Waals surface area contributed by atoms with Gasteiger partial charge in [-0.25, -0.2) is 0 Å². The lowest BCUT2D eigenvalue weighted by Gasteiger charge is -2.09. The number of benzene rings is 3. The molecule has 35 heavy (non-hydrogen) atoms. The fraction of sp³-hybridized carbons (Fsp3) is 0.0800. The number of ether oxygens (including phenoxy) is 2. The number of hydrazine groups is 1. The summed E-state index contributed by atoms with van der Waals surface area (Å²) < 4.78 is 11.1. The molecule has 0 saturated heterocycles. The normalized spacial score (nSPS) is 10.5. The van der Waals surface area contributed by atoms with Gasteiger partial charge in [-0.2, -0.15) is 0 Å². The Morgan fingerprint density at radius 2 is 1.31 bits per heavy atom. The molecular weight excluding hydrogens is 490 g/mol. The Morgan fingerprint density at radius 3 is 1.97 bits per heavy atom. The third-order valence-electron chi connectivity index (χ3n) is 5.09. The van der Waals surface area contributed by atoms with Gasteiger partial charge in [-0.1, -0.05) is 11.6 Å². The van der Waals surface area contributed by atoms with Gasteiger partial charge in [0.15, 0.2) is 0 Å². The van der Waals surface area contributed by atoms with Gasteiger partial charge in [0.1, 0.15) is 16.4 Å². The van der Waals surface area contributed by atoms with Gasteiger partial charge in [-0.3, -0.25) is 25.2 Å². The molecule has 0 spiro atoms. The van der Waals surface area contributed by atoms with E-state index in [9.17, 15) is 14.4 Å². The molecule has 0 saturated carbocycles. The van der Waals surface area contributed by atoms with Gasteiger partial charge in [0, 0.05) is 26.9 Å². The number of hydrogen-bond donors (Lipinski definition) is 3. The molecule has 0 aliphatic carbocycles. The number of amides is 3. The standard InChI is InChI=1S/C25H20ClN3O5S/c1-33-17-9-5-14(6-10-17)23(30)27-16-7-3-15(4-8-16)24(31)28-29-25(32)22-21(26)19-12-11-18(34-2)13-20(19)35-22/h3-13H,1-2H3,(H,27,30)(H,28,31)(H,29,32). The summed E-state index contributed by atoms with van der Waals surface area (Å²) in [4.78, 5) is 37.7. The van der Waals surface area contributed by atoms with E-state index >= 15 is 0 Å². The number of halogens is 1. The van der Waals surface area contributed by atoms with Crippen LogP contribution in [0.4, 0.5) is 5.69 Å². The Kier molecular flexibility index (Phi) is 7.19. The highest BCUT2D eigenvalue weighted by Gasteiger charge is 2.18. The van der Waals surface area contributed by atoms with Crippen LogP contribution < -0.4 is 25.6 Å². The molecule has 4 aromatic rings. The molecule has 10 heteroatoms. The van der Waals surface area contributed by atoms with E-state index in [1.165, 1.54) is 23.5 Å². The second kappa shape index (κ2) is 10.5. The molecule has 1 aromatic heterocycles. The number of rotatable bonds is 6. The zero-order valence-electron chi connectivity index (χ0n) is 18.7. The van der Waals surface area contributed by atoms with Crippen LogP contribution >= 0.6 is 22.9 Å². The third-order valence-corrected chi connectivity index (χ3v) is 6.75. The molecule has 3 N–H and O–H groups in total. The second-order valence-corrected chi connectivity index (χ2v) is 8.71. The van der Waals surface area contributed by atoms with E-state index < -0.39 is 11.8 Å². The van der Waals surface area contributed by atoms with Crippen LogP contribution in [0.3, 0.4) is 0 Å². The van der Waals surface area contributed by atoms with Crippen LogP contribution in [0.2, 0.25) is 5.02 Å². The average molecular weight is 510 g/mol. The Bertz CT molecular complexity index is 1400. The summed E-state index contributed by atoms with van der Waals surface area (Å²) in [6.07, 6.45) is 0. The number of carbonyl (C=O) groups excluding carboxylic acids is 3. The number of carbonyl (C=O) groups is 3. The van der Waals surface area contributed by atoms with Crippen molar-refractivity contribution in [1.82, 2.24) is 10.9 Å². The maximum Gasteiger partial charge on any atom is 0.281 e. The van der Waals surface area contributed by atoms with Crippen LogP contribution in [0.5, 0.6) is 11.5 Å². The first-order chi connectivity index (χ1) is 16.9. The van der Waals surface area contributed by atoms with E-state index in [-0.39, 0.29) is 10.8 Å². The molecular formula is C25H20ClN3O5S. The van der Waals surface area contributed by atoms with Crippen LogP contribution in [0.1, 0.15) is 30.4 Å². The quantitative estimate of drug-likeness (QED) is 0.321. The van der Waals surface area contributed by atoms with Crippen molar-refractivity contribution in [3.63, 3.8) is 0 Å². The Morgan fingerprint density at radius 1 is 0.743 bits per heavy atom. The van der Waals surface area contributed by atoms with Crippen molar-refractivity contribution >= 4 is 56.4 Å². The molecule has 0 fully saturated rings. The number of nitrogens with one attached hydrogen (secondary N) is 3. The van der Waals surface area contributed by atoms with E-state index in [0.29, 0.717) is 33.3 Å². The van der Waals surface area contributed by atoms with Gasteiger partial charge in [-0.15, -0.1) is 11.3 Å². The highest BCUT2D eigenvalue weighted by Crippen LogP contribution is 2.37. The molecule has 0 unspecified atom stereocenters. The monoisotopic (exact) mass is 509 g/mol. The molecule has 0 aliphatic heterocycles. The van der Waals surface area contributed by atoms with E-state index in [1.807, 2.05) is 0 Å². The summed E-state index contributed by atoms with van der Waals surface area (Å²) >= 11 is 7.55. The van der Waals surface area contributed by atoms with Crippen molar-refractivity contribution in [2.24, 2.45) is 0 Å². The van der Waals surface area contributed by atoms with Crippen molar-refractivity contribution in [2.75, 3.05) is 19.5 Å². The van der Waals surface area contributed by atoms with Crippen molar-refractivity contribution in [2.45, 2.75) is 0 Å². The maximum absolute atomic E-state index is 12.6. The maximum atomic E-state index is 12.6. The second-order valence-electron chi connectivity index (χ2n) is 7.28. The van der Waals surface area contributed by atoms with Gasteiger partial charge in [0.2, 0.25) is 0 Å². The summed E-state index contributed by atoms with van der Waals surface area (Å²) in [5.74, 6) is -0.0506. The van der Waals surface area contributed by atoms with Gasteiger partial charge in [0.05, 0.1) is 19.2 Å². The van der Waals surface area contributed by atoms with Crippen molar-refractivity contribution < 1.29 is 23.9 Å². The predicted molar refractivity (Wildman–Crippen MR) is 136 cm³/mol. The molecule has 1 heterocycles. The Hall–Kier alpha value is -4.08. The summed E-state index contributed by atoms with van der Waals surface area (Å²) in [6, 6.07) is 18.3. The summed E-state index contributed by atoms with van der Waals surface area (Å²) in [5, 5.41) is 3.78. The Labute approximate surface area is 209 Å². The van der Waals surface area contributed by atoms with Crippen LogP contribution in [-0.2, 0) is 0 Å². The lowest BCUT2D eigenvalue weighted by molar-refractivity contribution is 0.0849. The van der Waals surface area contributed by atoms with Crippen LogP contribution in [0.15, 0.2) is 66.7 Å². The first-order valence-electron chi connectivity index (χ1n) is 10.3. The predicted octanol–water partition coefficient (Wildman–Crippen LogP) is 4.90. The summed E-state index contributed by atoms with van der Waals surface area (Å²) in [7, 11) is 3.11. The van der Waals surface area contributed by atoms with Crippen molar-refractivity contribution in [3.05, 3.63) is 87.8 Å². The van der Waals surface area contributed by atoms with Gasteiger partial charge in [0.25, 0.3) is 17.7 Å². The molecule has 8 nitrogen and oxygen atoms in total. The first kappa shape index (κ1) is 24.1. The zero-order valence-corrected chi connectivity index (χ0v) is 20.3. The minimum atomic E-state index is -0.535. The zero-order chi connectivity index (χ0) is 24.9. The van der Waals surface area contributed by atoms with E-state index in [0.717, 1.165) is 10.1 Å². The first-order valence-corrected chi connectivity index (χ1v) is 11.5. The van der Waals surface area contributed by atoms with Crippen LogP contribution in [0, 0.1) is 0 Å². The highest BCUT2D eigenvalue weighted by atomic mass is 35.5. The topological polar surface area (TPSA) is 106 Å². The molecule has 0 atom stereocenters. The molecule has 0 aliphatic rings. The number of hydrogen-bond acceptors (Lipinski definition) is 6. The largest absolute Gasteiger partial charge is 0.497 e. The fourth-order valence-electron chi connectivity index (χ4n) is 3.21. The summed E-state index contributed by atoms with van der Waals surface area (Å²) in [5.41, 5.74) is 6.03. The van der Waals surface area contributed by atoms with Crippen LogP contribution in [0.25, 0.3) is 10.1 Å². The Balaban J connectivity index is 1.36. The third kappa shape index (κ3) is 5.37. The molecule has 4 rings (SSSR count). The van der Waals surface area contributed by atoms with E-state index in [2.05, 4.69) is 16.2 Å². The van der Waals surface area contributed by atoms with Gasteiger partial charge in [-0.05, 0) is 66.7 Å². The average Bonchev–Trinajstić information content (AvgIpc) is 3.23. The molecule has 178 valence electrons. The smallest absolute Gasteiger partial charge is 0.281 e. The number of methoxy groups -OCH3 is 2. The van der Waals surface area contributed by atoms with E-state index in [1.54, 1.807) is 68.8 Å². The van der Waals surface area contributed by atoms with Crippen LogP contribution in [-0.4, -0.2) is 31.9 Å². The lowest BCUT2D eigenvalue weighted by Crippen LogP contribution is -2.41. The number of fused-ring (bicyclic) bond motifs is 1. The SMILES string of the molecule is COc1ccc(C(=O)Nc2ccc(C(=O)NNC(=O)c3sc4cc(OC)ccc4c3Cl)cc2)cc1. The van der Waals surface area contributed by atoms with Gasteiger partial charge < -0.3 is 14.8 Å². The molecule has 0 radical (unpaired) electrons. The number of thiophene rings is 1. The summed E-state index contributed by atoms with van der Waals surface area (Å²) in [6.45, 7) is 0. The molecule has 3 amide bonds.